The van der Waals surface area contributed by atoms with E-state index in [1.807, 2.05) is 20.8 Å². The molecule has 1 aromatic carbocycles. The first-order chi connectivity index (χ1) is 8.28. The van der Waals surface area contributed by atoms with Crippen molar-refractivity contribution in [2.75, 3.05) is 6.54 Å². The molecule has 18 heavy (non-hydrogen) atoms. The second-order valence-corrected chi connectivity index (χ2v) is 6.04. The van der Waals surface area contributed by atoms with E-state index in [9.17, 15) is 4.39 Å². The Bertz CT molecular complexity index is 438. The minimum Gasteiger partial charge on any atom is -0.370 e. The Kier molecular flexibility index (Phi) is 5.14. The van der Waals surface area contributed by atoms with E-state index in [1.165, 1.54) is 6.07 Å². The highest BCUT2D eigenvalue weighted by Gasteiger charge is 2.09. The number of halogens is 2. The molecule has 0 amide bonds. The van der Waals surface area contributed by atoms with Crippen LogP contribution >= 0.6 is 15.9 Å². The van der Waals surface area contributed by atoms with Crippen molar-refractivity contribution in [3.8, 4) is 0 Å². The molecule has 0 atom stereocenters. The van der Waals surface area contributed by atoms with Gasteiger partial charge >= 0.3 is 0 Å². The Morgan fingerprint density at radius 2 is 2.11 bits per heavy atom. The summed E-state index contributed by atoms with van der Waals surface area (Å²) in [5.41, 5.74) is 6.25. The van der Waals surface area contributed by atoms with Crippen LogP contribution in [0.25, 0.3) is 0 Å². The smallest absolute Gasteiger partial charge is 0.188 e. The number of nitrogens with two attached hydrogens (primary N) is 1. The molecule has 0 saturated heterocycles. The topological polar surface area (TPSA) is 50.4 Å². The molecule has 0 fully saturated rings. The molecule has 0 heterocycles. The van der Waals surface area contributed by atoms with Crippen molar-refractivity contribution in [2.24, 2.45) is 10.7 Å². The molecule has 5 heteroatoms. The van der Waals surface area contributed by atoms with Gasteiger partial charge in [-0.2, -0.15) is 0 Å². The SMILES string of the molecule is CC(C)(C)NC(N)=NCCc1cc(Br)ccc1F. The minimum atomic E-state index is -0.212. The van der Waals surface area contributed by atoms with Gasteiger partial charge in [-0.3, -0.25) is 4.99 Å². The van der Waals surface area contributed by atoms with Crippen LogP contribution in [0.4, 0.5) is 4.39 Å². The zero-order valence-electron chi connectivity index (χ0n) is 10.9. The van der Waals surface area contributed by atoms with Crippen LogP contribution < -0.4 is 11.1 Å². The second kappa shape index (κ2) is 6.18. The molecule has 1 aromatic rings. The third kappa shape index (κ3) is 5.49. The van der Waals surface area contributed by atoms with Crippen LogP contribution in [-0.2, 0) is 6.42 Å². The van der Waals surface area contributed by atoms with E-state index >= 15 is 0 Å². The summed E-state index contributed by atoms with van der Waals surface area (Å²) in [6.45, 7) is 6.47. The number of nitrogens with zero attached hydrogens (tertiary/aromatic N) is 1. The van der Waals surface area contributed by atoms with Crippen LogP contribution in [0.5, 0.6) is 0 Å². The highest BCUT2D eigenvalue weighted by Crippen LogP contribution is 2.15. The van der Waals surface area contributed by atoms with Crippen molar-refractivity contribution < 1.29 is 4.39 Å². The molecule has 0 saturated carbocycles. The van der Waals surface area contributed by atoms with E-state index < -0.39 is 0 Å². The van der Waals surface area contributed by atoms with Gasteiger partial charge in [-0.25, -0.2) is 4.39 Å². The molecule has 0 aliphatic heterocycles. The van der Waals surface area contributed by atoms with Crippen LogP contribution in [0.2, 0.25) is 0 Å². The number of hydrogen-bond acceptors (Lipinski definition) is 1. The van der Waals surface area contributed by atoms with Gasteiger partial charge in [0.2, 0.25) is 0 Å². The van der Waals surface area contributed by atoms with Gasteiger partial charge in [-0.1, -0.05) is 15.9 Å². The largest absolute Gasteiger partial charge is 0.370 e. The standard InChI is InChI=1S/C13H19BrFN3/c1-13(2,3)18-12(16)17-7-6-9-8-10(14)4-5-11(9)15/h4-5,8H,6-7H2,1-3H3,(H3,16,17,18). The van der Waals surface area contributed by atoms with Gasteiger partial charge in [0.05, 0.1) is 0 Å². The Hall–Kier alpha value is -1.10. The predicted molar refractivity (Wildman–Crippen MR) is 77.2 cm³/mol. The lowest BCUT2D eigenvalue weighted by Crippen LogP contribution is -2.45. The maximum absolute atomic E-state index is 13.4. The molecule has 0 bridgehead atoms. The highest BCUT2D eigenvalue weighted by molar-refractivity contribution is 9.10. The van der Waals surface area contributed by atoms with Crippen LogP contribution in [0, 0.1) is 5.82 Å². The van der Waals surface area contributed by atoms with Crippen LogP contribution in [0.1, 0.15) is 26.3 Å². The molecule has 0 aliphatic rings. The summed E-state index contributed by atoms with van der Waals surface area (Å²) in [5, 5.41) is 3.06. The molecule has 0 unspecified atom stereocenters. The van der Waals surface area contributed by atoms with E-state index in [1.54, 1.807) is 12.1 Å². The number of rotatable bonds is 3. The van der Waals surface area contributed by atoms with Crippen LogP contribution in [-0.4, -0.2) is 18.0 Å². The zero-order chi connectivity index (χ0) is 13.8. The number of nitrogens with one attached hydrogen (secondary N) is 1. The van der Waals surface area contributed by atoms with Crippen molar-refractivity contribution in [1.82, 2.24) is 5.32 Å². The van der Waals surface area contributed by atoms with E-state index in [0.29, 0.717) is 24.5 Å². The van der Waals surface area contributed by atoms with Crippen molar-refractivity contribution in [1.29, 1.82) is 0 Å². The number of guanidine groups is 1. The zero-order valence-corrected chi connectivity index (χ0v) is 12.5. The predicted octanol–water partition coefficient (Wildman–Crippen LogP) is 2.83. The molecule has 0 aromatic heterocycles. The third-order valence-corrected chi connectivity index (χ3v) is 2.67. The van der Waals surface area contributed by atoms with Crippen molar-refractivity contribution in [2.45, 2.75) is 32.7 Å². The molecule has 0 spiro atoms. The lowest BCUT2D eigenvalue weighted by molar-refractivity contribution is 0.508. The van der Waals surface area contributed by atoms with Crippen LogP contribution in [0.15, 0.2) is 27.7 Å². The van der Waals surface area contributed by atoms with E-state index in [2.05, 4.69) is 26.2 Å². The Labute approximate surface area is 116 Å². The molecule has 100 valence electrons. The maximum atomic E-state index is 13.4. The first-order valence-corrected chi connectivity index (χ1v) is 6.59. The van der Waals surface area contributed by atoms with Gasteiger partial charge in [0.15, 0.2) is 5.96 Å². The highest BCUT2D eigenvalue weighted by atomic mass is 79.9. The van der Waals surface area contributed by atoms with Crippen molar-refractivity contribution >= 4 is 21.9 Å². The van der Waals surface area contributed by atoms with Gasteiger partial charge in [0.1, 0.15) is 5.82 Å². The first-order valence-electron chi connectivity index (χ1n) is 5.80. The molecular formula is C13H19BrFN3. The lowest BCUT2D eigenvalue weighted by Gasteiger charge is -2.20. The van der Waals surface area contributed by atoms with E-state index in [0.717, 1.165) is 4.47 Å². The summed E-state index contributed by atoms with van der Waals surface area (Å²) in [4.78, 5) is 4.18. The maximum Gasteiger partial charge on any atom is 0.188 e. The average molecular weight is 316 g/mol. The first kappa shape index (κ1) is 15.0. The summed E-state index contributed by atoms with van der Waals surface area (Å²) in [6.07, 6.45) is 0.526. The summed E-state index contributed by atoms with van der Waals surface area (Å²) in [6, 6.07) is 4.88. The molecule has 3 N–H and O–H groups in total. The molecule has 1 rings (SSSR count). The third-order valence-electron chi connectivity index (χ3n) is 2.17. The number of hydrogen-bond donors (Lipinski definition) is 2. The van der Waals surface area contributed by atoms with Gasteiger partial charge in [0, 0.05) is 16.6 Å². The van der Waals surface area contributed by atoms with Crippen LogP contribution in [0.3, 0.4) is 0 Å². The second-order valence-electron chi connectivity index (χ2n) is 5.13. The van der Waals surface area contributed by atoms with E-state index in [4.69, 9.17) is 5.73 Å². The fourth-order valence-electron chi connectivity index (χ4n) is 1.46. The minimum absolute atomic E-state index is 0.116. The van der Waals surface area contributed by atoms with Gasteiger partial charge < -0.3 is 11.1 Å². The molecular weight excluding hydrogens is 297 g/mol. The summed E-state index contributed by atoms with van der Waals surface area (Å²) < 4.78 is 14.3. The fourth-order valence-corrected chi connectivity index (χ4v) is 1.86. The lowest BCUT2D eigenvalue weighted by atomic mass is 10.1. The molecule has 0 radical (unpaired) electrons. The van der Waals surface area contributed by atoms with E-state index in [-0.39, 0.29) is 11.4 Å². The van der Waals surface area contributed by atoms with Crippen molar-refractivity contribution in [3.63, 3.8) is 0 Å². The van der Waals surface area contributed by atoms with Gasteiger partial charge in [-0.15, -0.1) is 0 Å². The summed E-state index contributed by atoms with van der Waals surface area (Å²) in [7, 11) is 0. The summed E-state index contributed by atoms with van der Waals surface area (Å²) in [5.74, 6) is 0.175. The summed E-state index contributed by atoms with van der Waals surface area (Å²) >= 11 is 3.32. The normalized spacial score (nSPS) is 12.6. The Morgan fingerprint density at radius 1 is 1.44 bits per heavy atom. The van der Waals surface area contributed by atoms with Gasteiger partial charge in [0.25, 0.3) is 0 Å². The fraction of sp³-hybridized carbons (Fsp3) is 0.462. The molecule has 0 aliphatic carbocycles. The monoisotopic (exact) mass is 315 g/mol. The van der Waals surface area contributed by atoms with Crippen molar-refractivity contribution in [3.05, 3.63) is 34.1 Å². The number of aliphatic imine (C=N–C) groups is 1. The Morgan fingerprint density at radius 3 is 2.72 bits per heavy atom. The quantitative estimate of drug-likeness (QED) is 0.665. The molecule has 3 nitrogen and oxygen atoms in total. The average Bonchev–Trinajstić information content (AvgIpc) is 2.20. The Balaban J connectivity index is 2.55. The van der Waals surface area contributed by atoms with Gasteiger partial charge in [-0.05, 0) is 51.0 Å². The number of benzene rings is 1.